The number of aliphatic hydroxyl groups excluding tert-OH is 2. The van der Waals surface area contributed by atoms with Crippen molar-refractivity contribution in [2.24, 2.45) is 0 Å². The van der Waals surface area contributed by atoms with Crippen LogP contribution in [0.3, 0.4) is 0 Å². The van der Waals surface area contributed by atoms with Crippen LogP contribution in [-0.2, 0) is 9.53 Å². The lowest BCUT2D eigenvalue weighted by Gasteiger charge is -2.09. The highest BCUT2D eigenvalue weighted by Crippen LogP contribution is 2.17. The van der Waals surface area contributed by atoms with Crippen molar-refractivity contribution in [2.45, 2.75) is 78.7 Å². The monoisotopic (exact) mass is 402 g/mol. The van der Waals surface area contributed by atoms with Gasteiger partial charge in [-0.25, -0.2) is 4.79 Å². The highest BCUT2D eigenvalue weighted by molar-refractivity contribution is 5.85. The molecule has 0 saturated heterocycles. The molecule has 0 bridgehead atoms. The van der Waals surface area contributed by atoms with Crippen LogP contribution in [0.4, 0.5) is 0 Å². The van der Waals surface area contributed by atoms with E-state index in [1.807, 2.05) is 6.08 Å². The average molecular weight is 403 g/mol. The summed E-state index contributed by atoms with van der Waals surface area (Å²) in [5.41, 5.74) is 5.70. The summed E-state index contributed by atoms with van der Waals surface area (Å²) in [5, 5.41) is 19.6. The van der Waals surface area contributed by atoms with E-state index < -0.39 is 12.1 Å². The Hall–Kier alpha value is -1.91. The molecule has 1 rings (SSSR count). The smallest absolute Gasteiger partial charge is 0.331 e. The second-order valence-corrected chi connectivity index (χ2v) is 8.10. The molecule has 0 aromatic carbocycles. The first-order valence-corrected chi connectivity index (χ1v) is 10.6. The first-order valence-electron chi connectivity index (χ1n) is 10.6. The number of cyclic esters (lactones) is 1. The highest BCUT2D eigenvalue weighted by atomic mass is 16.5. The summed E-state index contributed by atoms with van der Waals surface area (Å²) in [6.45, 7) is 8.78. The van der Waals surface area contributed by atoms with Gasteiger partial charge in [-0.05, 0) is 78.2 Å². The summed E-state index contributed by atoms with van der Waals surface area (Å²) in [6.07, 6.45) is 15.7. The predicted molar refractivity (Wildman–Crippen MR) is 119 cm³/mol. The zero-order valence-electron chi connectivity index (χ0n) is 18.5. The summed E-state index contributed by atoms with van der Waals surface area (Å²) in [5.74, 6) is -0.399. The maximum atomic E-state index is 11.1. The zero-order valence-corrected chi connectivity index (χ0v) is 18.5. The zero-order chi connectivity index (χ0) is 21.6. The number of aliphatic hydroxyl groups is 2. The van der Waals surface area contributed by atoms with Crippen LogP contribution in [0.15, 0.2) is 58.2 Å². The normalized spacial score (nSPS) is 16.6. The first-order chi connectivity index (χ1) is 13.8. The standard InChI is InChI=1S/C25H38O4/c1-19(2)8-5-9-20(3)10-6-11-21(4)12-7-13-22(17-26)14-15-24(27)23-16-25(28)29-18-23/h8,10,12,14,16,24,26-27H,5-7,9,11,13,15,17-18H2,1-4H3/t24-/m1/s1. The van der Waals surface area contributed by atoms with Crippen LogP contribution in [0.1, 0.15) is 72.6 Å². The minimum Gasteiger partial charge on any atom is -0.458 e. The Kier molecular flexibility index (Phi) is 12.2. The molecule has 1 aliphatic rings. The number of ether oxygens (including phenoxy) is 1. The van der Waals surface area contributed by atoms with Gasteiger partial charge in [0.1, 0.15) is 6.61 Å². The Morgan fingerprint density at radius 2 is 1.59 bits per heavy atom. The number of esters is 1. The lowest BCUT2D eigenvalue weighted by Crippen LogP contribution is -2.11. The largest absolute Gasteiger partial charge is 0.458 e. The lowest BCUT2D eigenvalue weighted by atomic mass is 10.0. The molecule has 0 spiro atoms. The van der Waals surface area contributed by atoms with Crippen molar-refractivity contribution in [2.75, 3.05) is 13.2 Å². The van der Waals surface area contributed by atoms with Gasteiger partial charge in [0.15, 0.2) is 0 Å². The molecule has 29 heavy (non-hydrogen) atoms. The number of allylic oxidation sites excluding steroid dienone is 6. The van der Waals surface area contributed by atoms with Gasteiger partial charge in [-0.3, -0.25) is 0 Å². The molecule has 0 unspecified atom stereocenters. The van der Waals surface area contributed by atoms with Crippen molar-refractivity contribution >= 4 is 5.97 Å². The Bertz CT molecular complexity index is 673. The molecule has 1 atom stereocenters. The molecule has 0 aliphatic carbocycles. The molecule has 0 amide bonds. The molecular weight excluding hydrogens is 364 g/mol. The molecule has 162 valence electrons. The van der Waals surface area contributed by atoms with E-state index in [-0.39, 0.29) is 13.2 Å². The quantitative estimate of drug-likeness (QED) is 0.322. The van der Waals surface area contributed by atoms with Crippen molar-refractivity contribution in [3.63, 3.8) is 0 Å². The van der Waals surface area contributed by atoms with Gasteiger partial charge in [0, 0.05) is 11.6 Å². The van der Waals surface area contributed by atoms with E-state index >= 15 is 0 Å². The van der Waals surface area contributed by atoms with Crippen LogP contribution in [0.5, 0.6) is 0 Å². The predicted octanol–water partition coefficient (Wildman–Crippen LogP) is 5.34. The van der Waals surface area contributed by atoms with Crippen molar-refractivity contribution in [3.8, 4) is 0 Å². The maximum absolute atomic E-state index is 11.1. The molecule has 2 N–H and O–H groups in total. The molecule has 1 heterocycles. The molecular formula is C25H38O4. The van der Waals surface area contributed by atoms with Crippen molar-refractivity contribution in [1.29, 1.82) is 0 Å². The third-order valence-corrected chi connectivity index (χ3v) is 5.03. The molecule has 0 aromatic heterocycles. The second kappa shape index (κ2) is 14.1. The van der Waals surface area contributed by atoms with E-state index in [0.717, 1.165) is 44.1 Å². The average Bonchev–Trinajstić information content (AvgIpc) is 3.10. The molecule has 4 heteroatoms. The van der Waals surface area contributed by atoms with Gasteiger partial charge in [-0.2, -0.15) is 0 Å². The van der Waals surface area contributed by atoms with E-state index in [1.54, 1.807) is 0 Å². The second-order valence-electron chi connectivity index (χ2n) is 8.10. The summed E-state index contributed by atoms with van der Waals surface area (Å²) in [4.78, 5) is 11.1. The Morgan fingerprint density at radius 3 is 2.10 bits per heavy atom. The van der Waals surface area contributed by atoms with Gasteiger partial charge >= 0.3 is 5.97 Å². The van der Waals surface area contributed by atoms with Crippen molar-refractivity contribution in [3.05, 3.63) is 58.2 Å². The van der Waals surface area contributed by atoms with E-state index in [2.05, 4.69) is 45.9 Å². The van der Waals surface area contributed by atoms with Gasteiger partial charge < -0.3 is 14.9 Å². The lowest BCUT2D eigenvalue weighted by molar-refractivity contribution is -0.135. The fourth-order valence-electron chi connectivity index (χ4n) is 3.10. The molecule has 0 aromatic rings. The third kappa shape index (κ3) is 11.6. The van der Waals surface area contributed by atoms with Crippen molar-refractivity contribution < 1.29 is 19.7 Å². The van der Waals surface area contributed by atoms with Gasteiger partial charge in [0.2, 0.25) is 0 Å². The molecule has 0 fully saturated rings. The molecule has 0 saturated carbocycles. The van der Waals surface area contributed by atoms with Crippen LogP contribution in [0.2, 0.25) is 0 Å². The fraction of sp³-hybridized carbons (Fsp3) is 0.560. The fourth-order valence-corrected chi connectivity index (χ4v) is 3.10. The van der Waals surface area contributed by atoms with E-state index in [0.29, 0.717) is 12.0 Å². The number of rotatable bonds is 13. The third-order valence-electron chi connectivity index (χ3n) is 5.03. The minimum absolute atomic E-state index is 0.0122. The van der Waals surface area contributed by atoms with Crippen LogP contribution >= 0.6 is 0 Å². The van der Waals surface area contributed by atoms with E-state index in [4.69, 9.17) is 4.74 Å². The maximum Gasteiger partial charge on any atom is 0.331 e. The van der Waals surface area contributed by atoms with Gasteiger partial charge in [-0.1, -0.05) is 41.0 Å². The molecule has 0 radical (unpaired) electrons. The SMILES string of the molecule is CC(C)=CCCC(C)=CCCC(C)=CCCC(=CC[C@@H](O)C1=CC(=O)OC1)CO. The highest BCUT2D eigenvalue weighted by Gasteiger charge is 2.19. The van der Waals surface area contributed by atoms with Crippen LogP contribution in [0, 0.1) is 0 Å². The van der Waals surface area contributed by atoms with Gasteiger partial charge in [-0.15, -0.1) is 0 Å². The summed E-state index contributed by atoms with van der Waals surface area (Å²) >= 11 is 0. The summed E-state index contributed by atoms with van der Waals surface area (Å²) in [6, 6.07) is 0. The Labute approximate surface area is 176 Å². The Morgan fingerprint density at radius 1 is 1.00 bits per heavy atom. The summed E-state index contributed by atoms with van der Waals surface area (Å²) < 4.78 is 4.81. The first kappa shape index (κ1) is 25.1. The van der Waals surface area contributed by atoms with Gasteiger partial charge in [0.05, 0.1) is 12.7 Å². The minimum atomic E-state index is -0.730. The topological polar surface area (TPSA) is 66.8 Å². The van der Waals surface area contributed by atoms with Crippen LogP contribution < -0.4 is 0 Å². The summed E-state index contributed by atoms with van der Waals surface area (Å²) in [7, 11) is 0. The molecule has 4 nitrogen and oxygen atoms in total. The van der Waals surface area contributed by atoms with Crippen LogP contribution in [0.25, 0.3) is 0 Å². The number of carbonyl (C=O) groups is 1. The number of carbonyl (C=O) groups excluding carboxylic acids is 1. The number of hydrogen-bond acceptors (Lipinski definition) is 4. The van der Waals surface area contributed by atoms with Gasteiger partial charge in [0.25, 0.3) is 0 Å². The van der Waals surface area contributed by atoms with Crippen LogP contribution in [-0.4, -0.2) is 35.5 Å². The van der Waals surface area contributed by atoms with Crippen molar-refractivity contribution in [1.82, 2.24) is 0 Å². The Balaban J connectivity index is 2.34. The van der Waals surface area contributed by atoms with E-state index in [9.17, 15) is 15.0 Å². The molecule has 1 aliphatic heterocycles. The number of hydrogen-bond donors (Lipinski definition) is 2. The van der Waals surface area contributed by atoms with E-state index in [1.165, 1.54) is 22.8 Å².